The van der Waals surface area contributed by atoms with E-state index in [1.54, 1.807) is 0 Å². The van der Waals surface area contributed by atoms with E-state index >= 15 is 0 Å². The van der Waals surface area contributed by atoms with Crippen molar-refractivity contribution in [1.29, 1.82) is 0 Å². The van der Waals surface area contributed by atoms with Gasteiger partial charge in [-0.2, -0.15) is 0 Å². The number of nitrogens with zero attached hydrogens (tertiary/aromatic N) is 4. The van der Waals surface area contributed by atoms with E-state index in [1.165, 1.54) is 0 Å². The van der Waals surface area contributed by atoms with Gasteiger partial charge in [0.15, 0.2) is 5.82 Å². The zero-order chi connectivity index (χ0) is 12.1. The number of aromatic nitrogens is 4. The first kappa shape index (κ1) is 12.4. The third-order valence-corrected chi connectivity index (χ3v) is 2.88. The zero-order valence-corrected chi connectivity index (χ0v) is 10.6. The maximum atomic E-state index is 5.47. The van der Waals surface area contributed by atoms with E-state index in [0.717, 1.165) is 45.0 Å². The first-order valence-electron chi connectivity index (χ1n) is 6.32. The van der Waals surface area contributed by atoms with Crippen molar-refractivity contribution in [3.8, 4) is 0 Å². The van der Waals surface area contributed by atoms with Gasteiger partial charge >= 0.3 is 0 Å². The van der Waals surface area contributed by atoms with Crippen LogP contribution in [0.4, 0.5) is 0 Å². The van der Waals surface area contributed by atoms with Crippen LogP contribution in [-0.4, -0.2) is 40.0 Å². The summed E-state index contributed by atoms with van der Waals surface area (Å²) in [6, 6.07) is 0.301. The minimum Gasteiger partial charge on any atom is -0.379 e. The molecule has 6 nitrogen and oxygen atoms in total. The van der Waals surface area contributed by atoms with Crippen LogP contribution in [0.1, 0.15) is 38.6 Å². The molecule has 1 fully saturated rings. The van der Waals surface area contributed by atoms with Crippen LogP contribution >= 0.6 is 0 Å². The minimum absolute atomic E-state index is 0.301. The molecule has 0 aliphatic carbocycles. The number of tetrazole rings is 1. The molecule has 2 rings (SSSR count). The molecule has 96 valence electrons. The summed E-state index contributed by atoms with van der Waals surface area (Å²) in [6.45, 7) is 7.66. The van der Waals surface area contributed by atoms with Crippen LogP contribution in [0.15, 0.2) is 0 Å². The predicted octanol–water partition coefficient (Wildman–Crippen LogP) is 0.770. The second-order valence-corrected chi connectivity index (χ2v) is 4.94. The van der Waals surface area contributed by atoms with Crippen molar-refractivity contribution < 1.29 is 4.74 Å². The molecule has 0 bridgehead atoms. The first-order chi connectivity index (χ1) is 8.27. The topological polar surface area (TPSA) is 64.9 Å². The molecule has 0 spiro atoms. The second-order valence-electron chi connectivity index (χ2n) is 4.94. The standard InChI is InChI=1S/C11H21N5O/c1-9(2)6-12-7-11-13-14-15-16(11)10-4-3-5-17-8-10/h9-10,12H,3-8H2,1-2H3. The number of rotatable bonds is 5. The molecule has 6 heteroatoms. The number of nitrogens with one attached hydrogen (secondary N) is 1. The molecule has 17 heavy (non-hydrogen) atoms. The lowest BCUT2D eigenvalue weighted by atomic mass is 10.1. The van der Waals surface area contributed by atoms with Crippen LogP contribution in [0.2, 0.25) is 0 Å². The molecule has 1 atom stereocenters. The molecule has 1 saturated heterocycles. The third kappa shape index (κ3) is 3.47. The maximum Gasteiger partial charge on any atom is 0.165 e. The van der Waals surface area contributed by atoms with Crippen molar-refractivity contribution in [2.45, 2.75) is 39.3 Å². The molecule has 1 aliphatic rings. The predicted molar refractivity (Wildman–Crippen MR) is 63.5 cm³/mol. The number of ether oxygens (including phenoxy) is 1. The summed E-state index contributed by atoms with van der Waals surface area (Å²) in [4.78, 5) is 0. The Kier molecular flexibility index (Phi) is 4.44. The van der Waals surface area contributed by atoms with Gasteiger partial charge in [0.25, 0.3) is 0 Å². The van der Waals surface area contributed by atoms with Gasteiger partial charge in [-0.15, -0.1) is 5.10 Å². The van der Waals surface area contributed by atoms with Gasteiger partial charge in [-0.25, -0.2) is 4.68 Å². The van der Waals surface area contributed by atoms with Gasteiger partial charge < -0.3 is 10.1 Å². The number of hydrogen-bond acceptors (Lipinski definition) is 5. The van der Waals surface area contributed by atoms with Crippen LogP contribution < -0.4 is 5.32 Å². The summed E-state index contributed by atoms with van der Waals surface area (Å²) in [7, 11) is 0. The lowest BCUT2D eigenvalue weighted by Gasteiger charge is -2.22. The summed E-state index contributed by atoms with van der Waals surface area (Å²) in [5.41, 5.74) is 0. The Morgan fingerprint density at radius 1 is 1.53 bits per heavy atom. The average Bonchev–Trinajstić information content (AvgIpc) is 2.78. The van der Waals surface area contributed by atoms with E-state index in [4.69, 9.17) is 4.74 Å². The van der Waals surface area contributed by atoms with Crippen LogP contribution in [-0.2, 0) is 11.3 Å². The Bertz CT molecular complexity index is 332. The quantitative estimate of drug-likeness (QED) is 0.822. The Morgan fingerprint density at radius 2 is 2.41 bits per heavy atom. The molecule has 1 aromatic rings. The Morgan fingerprint density at radius 3 is 3.12 bits per heavy atom. The summed E-state index contributed by atoms with van der Waals surface area (Å²) in [5.74, 6) is 1.54. The van der Waals surface area contributed by atoms with E-state index in [-0.39, 0.29) is 0 Å². The van der Waals surface area contributed by atoms with Crippen LogP contribution in [0.25, 0.3) is 0 Å². The largest absolute Gasteiger partial charge is 0.379 e. The van der Waals surface area contributed by atoms with Gasteiger partial charge in [-0.05, 0) is 35.7 Å². The molecular weight excluding hydrogens is 218 g/mol. The minimum atomic E-state index is 0.301. The van der Waals surface area contributed by atoms with Gasteiger partial charge in [-0.3, -0.25) is 0 Å². The molecule has 0 amide bonds. The van der Waals surface area contributed by atoms with Gasteiger partial charge in [0.2, 0.25) is 0 Å². The summed E-state index contributed by atoms with van der Waals surface area (Å²) in [6.07, 6.45) is 2.19. The fraction of sp³-hybridized carbons (Fsp3) is 0.909. The van der Waals surface area contributed by atoms with Gasteiger partial charge in [0.05, 0.1) is 19.2 Å². The molecule has 0 saturated carbocycles. The first-order valence-corrected chi connectivity index (χ1v) is 6.32. The lowest BCUT2D eigenvalue weighted by molar-refractivity contribution is 0.0530. The smallest absolute Gasteiger partial charge is 0.165 e. The van der Waals surface area contributed by atoms with Crippen molar-refractivity contribution >= 4 is 0 Å². The molecule has 1 aliphatic heterocycles. The van der Waals surface area contributed by atoms with Gasteiger partial charge in [0, 0.05) is 6.61 Å². The lowest BCUT2D eigenvalue weighted by Crippen LogP contribution is -2.27. The van der Waals surface area contributed by atoms with E-state index < -0.39 is 0 Å². The highest BCUT2D eigenvalue weighted by Gasteiger charge is 2.20. The Balaban J connectivity index is 1.91. The van der Waals surface area contributed by atoms with Crippen molar-refractivity contribution in [2.75, 3.05) is 19.8 Å². The normalized spacial score (nSPS) is 21.0. The van der Waals surface area contributed by atoms with Crippen molar-refractivity contribution in [2.24, 2.45) is 5.92 Å². The molecule has 0 radical (unpaired) electrons. The fourth-order valence-electron chi connectivity index (χ4n) is 2.00. The third-order valence-electron chi connectivity index (χ3n) is 2.88. The average molecular weight is 239 g/mol. The molecular formula is C11H21N5O. The monoisotopic (exact) mass is 239 g/mol. The molecule has 1 aromatic heterocycles. The summed E-state index contributed by atoms with van der Waals surface area (Å²) in [5, 5.41) is 15.3. The van der Waals surface area contributed by atoms with Crippen molar-refractivity contribution in [3.05, 3.63) is 5.82 Å². The molecule has 1 N–H and O–H groups in total. The highest BCUT2D eigenvalue weighted by atomic mass is 16.5. The van der Waals surface area contributed by atoms with E-state index in [1.807, 2.05) is 4.68 Å². The second kappa shape index (κ2) is 6.07. The highest BCUT2D eigenvalue weighted by molar-refractivity contribution is 4.85. The van der Waals surface area contributed by atoms with Gasteiger partial charge in [-0.1, -0.05) is 13.8 Å². The SMILES string of the molecule is CC(C)CNCc1nnnn1C1CCCOC1. The van der Waals surface area contributed by atoms with E-state index in [0.29, 0.717) is 12.0 Å². The van der Waals surface area contributed by atoms with Crippen LogP contribution in [0, 0.1) is 5.92 Å². The Hall–Kier alpha value is -1.01. The van der Waals surface area contributed by atoms with Crippen LogP contribution in [0.5, 0.6) is 0 Å². The Labute approximate surface area is 102 Å². The highest BCUT2D eigenvalue weighted by Crippen LogP contribution is 2.18. The number of hydrogen-bond donors (Lipinski definition) is 1. The molecule has 2 heterocycles. The van der Waals surface area contributed by atoms with Crippen LogP contribution in [0.3, 0.4) is 0 Å². The molecule has 1 unspecified atom stereocenters. The fourth-order valence-corrected chi connectivity index (χ4v) is 2.00. The maximum absolute atomic E-state index is 5.47. The summed E-state index contributed by atoms with van der Waals surface area (Å²) < 4.78 is 7.38. The molecule has 0 aromatic carbocycles. The van der Waals surface area contributed by atoms with Gasteiger partial charge in [0.1, 0.15) is 0 Å². The summed E-state index contributed by atoms with van der Waals surface area (Å²) >= 11 is 0. The van der Waals surface area contributed by atoms with Crippen molar-refractivity contribution in [1.82, 2.24) is 25.5 Å². The van der Waals surface area contributed by atoms with Crippen molar-refractivity contribution in [3.63, 3.8) is 0 Å². The zero-order valence-electron chi connectivity index (χ0n) is 10.6. The van der Waals surface area contributed by atoms with E-state index in [9.17, 15) is 0 Å². The van der Waals surface area contributed by atoms with E-state index in [2.05, 4.69) is 34.7 Å².